The zero-order chi connectivity index (χ0) is 19.8. The van der Waals surface area contributed by atoms with Crippen molar-refractivity contribution >= 4 is 6.41 Å². The van der Waals surface area contributed by atoms with Crippen LogP contribution in [0.4, 0.5) is 0 Å². The summed E-state index contributed by atoms with van der Waals surface area (Å²) in [5.74, 6) is 0. The van der Waals surface area contributed by atoms with E-state index in [0.29, 0.717) is 6.41 Å². The Morgan fingerprint density at radius 2 is 1.67 bits per heavy atom. The molecule has 0 saturated heterocycles. The number of hydrogen-bond donors (Lipinski definition) is 3. The van der Waals surface area contributed by atoms with E-state index >= 15 is 0 Å². The summed E-state index contributed by atoms with van der Waals surface area (Å²) in [6.07, 6.45) is 3.15. The fraction of sp³-hybridized carbons (Fsp3) is 0.632. The first kappa shape index (κ1) is 30.5. The Bertz CT molecular complexity index is 329. The Morgan fingerprint density at radius 1 is 1.21 bits per heavy atom. The van der Waals surface area contributed by atoms with Crippen LogP contribution in [0, 0.1) is 6.92 Å². The number of rotatable bonds is 5. The fourth-order valence-electron chi connectivity index (χ4n) is 1.30. The van der Waals surface area contributed by atoms with Gasteiger partial charge < -0.3 is 20.3 Å². The molecule has 0 bridgehead atoms. The van der Waals surface area contributed by atoms with Crippen molar-refractivity contribution in [2.45, 2.75) is 60.4 Å². The van der Waals surface area contributed by atoms with Gasteiger partial charge in [0.2, 0.25) is 6.41 Å². The van der Waals surface area contributed by atoms with E-state index < -0.39 is 0 Å². The third-order valence-corrected chi connectivity index (χ3v) is 2.31. The lowest BCUT2D eigenvalue weighted by atomic mass is 10.1. The molecule has 1 aromatic carbocycles. The molecule has 3 N–H and O–H groups in total. The average molecular weight is 346 g/mol. The van der Waals surface area contributed by atoms with Crippen molar-refractivity contribution in [3.05, 3.63) is 35.4 Å². The van der Waals surface area contributed by atoms with Crippen LogP contribution in [0.2, 0.25) is 0 Å². The lowest BCUT2D eigenvalue weighted by molar-refractivity contribution is -0.109. The zero-order valence-electron chi connectivity index (χ0n) is 16.8. The number of ether oxygens (including phenoxy) is 1. The number of amides is 1. The summed E-state index contributed by atoms with van der Waals surface area (Å²) in [7, 11) is 2.43. The van der Waals surface area contributed by atoms with Gasteiger partial charge >= 0.3 is 0 Å². The lowest BCUT2D eigenvalue weighted by Gasteiger charge is -2.01. The summed E-state index contributed by atoms with van der Waals surface area (Å²) < 4.78 is 4.10. The topological polar surface area (TPSA) is 78.8 Å². The Hall–Kier alpha value is -1.43. The second-order valence-electron chi connectivity index (χ2n) is 4.53. The minimum atomic E-state index is -0.181. The normalized spacial score (nSPS) is 7.96. The van der Waals surface area contributed by atoms with Crippen molar-refractivity contribution in [2.24, 2.45) is 0 Å². The minimum absolute atomic E-state index is 0.181. The molecule has 0 heterocycles. The Kier molecular flexibility index (Phi) is 37.5. The van der Waals surface area contributed by atoms with Crippen molar-refractivity contribution < 1.29 is 19.7 Å². The first-order valence-corrected chi connectivity index (χ1v) is 8.32. The summed E-state index contributed by atoms with van der Waals surface area (Å²) in [6, 6.07) is 8.86. The minimum Gasteiger partial charge on any atom is -0.400 e. The van der Waals surface area contributed by atoms with Crippen LogP contribution in [-0.2, 0) is 16.0 Å². The summed E-state index contributed by atoms with van der Waals surface area (Å²) in [6.45, 7) is 12.0. The van der Waals surface area contributed by atoms with E-state index in [2.05, 4.69) is 48.2 Å². The van der Waals surface area contributed by atoms with Gasteiger partial charge in [0.15, 0.2) is 0 Å². The molecule has 1 amide bonds. The Morgan fingerprint density at radius 3 is 1.92 bits per heavy atom. The van der Waals surface area contributed by atoms with E-state index in [1.165, 1.54) is 31.1 Å². The first-order chi connectivity index (χ1) is 11.5. The smallest absolute Gasteiger partial charge is 0.207 e. The molecule has 0 saturated carbocycles. The van der Waals surface area contributed by atoms with E-state index in [1.54, 1.807) is 0 Å². The van der Waals surface area contributed by atoms with Gasteiger partial charge in [-0.05, 0) is 38.3 Å². The molecule has 0 spiro atoms. The van der Waals surface area contributed by atoms with E-state index in [4.69, 9.17) is 10.2 Å². The van der Waals surface area contributed by atoms with Crippen molar-refractivity contribution in [3.63, 3.8) is 0 Å². The highest BCUT2D eigenvalue weighted by Gasteiger charge is 1.92. The van der Waals surface area contributed by atoms with Crippen molar-refractivity contribution in [2.75, 3.05) is 21.0 Å². The van der Waals surface area contributed by atoms with Crippen LogP contribution in [0.1, 0.15) is 52.2 Å². The van der Waals surface area contributed by atoms with Gasteiger partial charge in [-0.25, -0.2) is 0 Å². The number of carbonyl (C=O) groups excluding carboxylic acids is 1. The van der Waals surface area contributed by atoms with Gasteiger partial charge in [-0.2, -0.15) is 0 Å². The number of hydrogen-bond acceptors (Lipinski definition) is 4. The van der Waals surface area contributed by atoms with Gasteiger partial charge in [0, 0.05) is 20.3 Å². The van der Waals surface area contributed by atoms with Gasteiger partial charge in [-0.3, -0.25) is 4.79 Å². The maximum absolute atomic E-state index is 9.50. The average Bonchev–Trinajstić information content (AvgIpc) is 2.61. The van der Waals surface area contributed by atoms with Crippen LogP contribution in [0.5, 0.6) is 0 Å². The molecule has 0 fully saturated rings. The van der Waals surface area contributed by atoms with Gasteiger partial charge in [0.25, 0.3) is 0 Å². The van der Waals surface area contributed by atoms with Gasteiger partial charge in [0.05, 0.1) is 0 Å². The number of nitrogens with one attached hydrogen (secondary N) is 1. The summed E-state index contributed by atoms with van der Waals surface area (Å²) in [5, 5.41) is 17.2. The maximum Gasteiger partial charge on any atom is 0.207 e. The molecular weight excluding hydrogens is 306 g/mol. The SMILES string of the molecule is CC.CC(C)NC=O.CCCc1ccccc1C.CO.COCO. The molecule has 0 aliphatic carbocycles. The van der Waals surface area contributed by atoms with E-state index in [9.17, 15) is 4.79 Å². The number of carbonyl (C=O) groups is 1. The molecule has 5 nitrogen and oxygen atoms in total. The van der Waals surface area contributed by atoms with Gasteiger partial charge in [0.1, 0.15) is 6.79 Å². The maximum atomic E-state index is 9.50. The monoisotopic (exact) mass is 345 g/mol. The summed E-state index contributed by atoms with van der Waals surface area (Å²) in [5.41, 5.74) is 2.91. The quantitative estimate of drug-likeness (QED) is 0.565. The molecule has 0 unspecified atom stereocenters. The highest BCUT2D eigenvalue weighted by atomic mass is 16.6. The van der Waals surface area contributed by atoms with E-state index in [0.717, 1.165) is 7.11 Å². The molecule has 1 rings (SSSR count). The van der Waals surface area contributed by atoms with Crippen LogP contribution in [0.15, 0.2) is 24.3 Å². The summed E-state index contributed by atoms with van der Waals surface area (Å²) in [4.78, 5) is 9.50. The number of methoxy groups -OCH3 is 1. The summed E-state index contributed by atoms with van der Waals surface area (Å²) >= 11 is 0. The molecular formula is C19H39NO4. The molecule has 1 aromatic rings. The second-order valence-corrected chi connectivity index (χ2v) is 4.53. The third kappa shape index (κ3) is 28.7. The predicted molar refractivity (Wildman–Crippen MR) is 103 cm³/mol. The van der Waals surface area contributed by atoms with Crippen LogP contribution in [-0.4, -0.2) is 43.7 Å². The third-order valence-electron chi connectivity index (χ3n) is 2.31. The number of benzene rings is 1. The predicted octanol–water partition coefficient (Wildman–Crippen LogP) is 3.31. The van der Waals surface area contributed by atoms with Crippen molar-refractivity contribution in [1.29, 1.82) is 0 Å². The highest BCUT2D eigenvalue weighted by Crippen LogP contribution is 2.08. The molecule has 144 valence electrons. The fourth-order valence-corrected chi connectivity index (χ4v) is 1.30. The van der Waals surface area contributed by atoms with Crippen molar-refractivity contribution in [3.8, 4) is 0 Å². The van der Waals surface area contributed by atoms with Crippen LogP contribution in [0.25, 0.3) is 0 Å². The van der Waals surface area contributed by atoms with Crippen molar-refractivity contribution in [1.82, 2.24) is 5.32 Å². The molecule has 0 aliphatic heterocycles. The Labute approximate surface area is 149 Å². The number of aliphatic hydroxyl groups is 2. The molecule has 0 aromatic heterocycles. The van der Waals surface area contributed by atoms with Crippen LogP contribution < -0.4 is 5.32 Å². The lowest BCUT2D eigenvalue weighted by Crippen LogP contribution is -2.19. The van der Waals surface area contributed by atoms with Gasteiger partial charge in [-0.1, -0.05) is 51.5 Å². The van der Waals surface area contributed by atoms with E-state index in [1.807, 2.05) is 27.7 Å². The number of aliphatic hydroxyl groups excluding tert-OH is 2. The largest absolute Gasteiger partial charge is 0.400 e. The molecule has 24 heavy (non-hydrogen) atoms. The van der Waals surface area contributed by atoms with Gasteiger partial charge in [-0.15, -0.1) is 0 Å². The standard InChI is InChI=1S/C10H14.C4H9NO.C2H6O2.C2H6.CH4O/c1-3-6-10-8-5-4-7-9(10)2;1-4(2)5-3-6;1-4-2-3;2*1-2/h4-5,7-8H,3,6H2,1-2H3;3-4H,1-2H3,(H,5,6);3H,2H2,1H3;1-2H3;2H,1H3. The van der Waals surface area contributed by atoms with E-state index in [-0.39, 0.29) is 12.8 Å². The van der Waals surface area contributed by atoms with Crippen LogP contribution in [0.3, 0.4) is 0 Å². The molecule has 5 heteroatoms. The molecule has 0 radical (unpaired) electrons. The first-order valence-electron chi connectivity index (χ1n) is 8.32. The number of aryl methyl sites for hydroxylation is 2. The second kappa shape index (κ2) is 29.6. The van der Waals surface area contributed by atoms with Crippen LogP contribution >= 0.6 is 0 Å². The highest BCUT2D eigenvalue weighted by molar-refractivity contribution is 5.46. The molecule has 0 atom stereocenters. The zero-order valence-corrected chi connectivity index (χ0v) is 16.8. The Balaban J connectivity index is -0.000000123. The molecule has 0 aliphatic rings.